The van der Waals surface area contributed by atoms with Crippen LogP contribution in [-0.4, -0.2) is 11.4 Å². The summed E-state index contributed by atoms with van der Waals surface area (Å²) in [4.78, 5) is 0. The van der Waals surface area contributed by atoms with Crippen molar-refractivity contribution in [1.82, 2.24) is 0 Å². The van der Waals surface area contributed by atoms with Gasteiger partial charge in [0.05, 0.1) is 5.60 Å². The third-order valence-electron chi connectivity index (χ3n) is 3.46. The van der Waals surface area contributed by atoms with Crippen molar-refractivity contribution in [3.05, 3.63) is 35.9 Å². The highest BCUT2D eigenvalue weighted by atomic mass is 16.6. The Morgan fingerprint density at radius 2 is 1.65 bits per heavy atom. The van der Waals surface area contributed by atoms with Gasteiger partial charge in [0.15, 0.2) is 6.29 Å². The molecule has 2 heteroatoms. The molecule has 96 valence electrons. The number of rotatable bonds is 5. The molecular weight excluding hydrogens is 212 g/mol. The minimum Gasteiger partial charge on any atom is -0.367 e. The number of ether oxygens (including phenoxy) is 1. The molecule has 0 aliphatic carbocycles. The monoisotopic (exact) mass is 236 g/mol. The first kappa shape index (κ1) is 14.2. The van der Waals surface area contributed by atoms with Gasteiger partial charge in [-0.05, 0) is 25.8 Å². The van der Waals surface area contributed by atoms with Gasteiger partial charge in [-0.1, -0.05) is 51.1 Å². The third-order valence-corrected chi connectivity index (χ3v) is 3.46. The summed E-state index contributed by atoms with van der Waals surface area (Å²) in [6.45, 7) is 10.0. The maximum Gasteiger partial charge on any atom is 0.160 e. The van der Waals surface area contributed by atoms with E-state index >= 15 is 0 Å². The molecule has 0 saturated heterocycles. The molecular formula is C15H24O2. The van der Waals surface area contributed by atoms with Crippen LogP contribution in [0.4, 0.5) is 0 Å². The summed E-state index contributed by atoms with van der Waals surface area (Å²) in [5.74, 6) is 0. The zero-order valence-corrected chi connectivity index (χ0v) is 11.5. The van der Waals surface area contributed by atoms with Crippen LogP contribution in [0.5, 0.6) is 0 Å². The Kier molecular flexibility index (Phi) is 4.34. The lowest BCUT2D eigenvalue weighted by atomic mass is 9.88. The average molecular weight is 236 g/mol. The molecule has 0 aliphatic heterocycles. The van der Waals surface area contributed by atoms with E-state index < -0.39 is 11.9 Å². The number of hydrogen-bond acceptors (Lipinski definition) is 2. The zero-order valence-electron chi connectivity index (χ0n) is 11.5. The minimum atomic E-state index is -0.761. The van der Waals surface area contributed by atoms with Crippen LogP contribution in [0.2, 0.25) is 0 Å². The summed E-state index contributed by atoms with van der Waals surface area (Å²) >= 11 is 0. The highest BCUT2D eigenvalue weighted by molar-refractivity contribution is 5.20. The second kappa shape index (κ2) is 5.19. The largest absolute Gasteiger partial charge is 0.367 e. The van der Waals surface area contributed by atoms with Crippen molar-refractivity contribution in [3.63, 3.8) is 0 Å². The second-order valence-electron chi connectivity index (χ2n) is 5.69. The fourth-order valence-electron chi connectivity index (χ4n) is 1.52. The molecule has 0 aliphatic rings. The van der Waals surface area contributed by atoms with E-state index in [1.807, 2.05) is 58.0 Å². The normalized spacial score (nSPS) is 14.7. The van der Waals surface area contributed by atoms with E-state index in [0.717, 1.165) is 12.0 Å². The van der Waals surface area contributed by atoms with Crippen molar-refractivity contribution in [1.29, 1.82) is 0 Å². The third kappa shape index (κ3) is 3.55. The molecule has 0 radical (unpaired) electrons. The van der Waals surface area contributed by atoms with Gasteiger partial charge in [0.1, 0.15) is 0 Å². The molecule has 2 nitrogen and oxygen atoms in total. The summed E-state index contributed by atoms with van der Waals surface area (Å²) < 4.78 is 5.84. The van der Waals surface area contributed by atoms with E-state index in [-0.39, 0.29) is 5.41 Å². The Bertz CT molecular complexity index is 341. The van der Waals surface area contributed by atoms with Crippen LogP contribution in [0.15, 0.2) is 30.3 Å². The molecule has 1 N–H and O–H groups in total. The lowest BCUT2D eigenvalue weighted by Gasteiger charge is -2.36. The van der Waals surface area contributed by atoms with E-state index in [1.165, 1.54) is 0 Å². The number of aliphatic hydroxyl groups is 1. The van der Waals surface area contributed by atoms with E-state index in [0.29, 0.717) is 0 Å². The topological polar surface area (TPSA) is 29.5 Å². The lowest BCUT2D eigenvalue weighted by Crippen LogP contribution is -2.37. The molecule has 1 unspecified atom stereocenters. The van der Waals surface area contributed by atoms with Crippen LogP contribution in [0.3, 0.4) is 0 Å². The first-order chi connectivity index (χ1) is 7.79. The second-order valence-corrected chi connectivity index (χ2v) is 5.69. The maximum absolute atomic E-state index is 10.2. The number of benzene rings is 1. The highest BCUT2D eigenvalue weighted by Crippen LogP contribution is 2.33. The summed E-state index contributed by atoms with van der Waals surface area (Å²) in [6, 6.07) is 9.99. The molecule has 1 aromatic carbocycles. The minimum absolute atomic E-state index is 0.230. The van der Waals surface area contributed by atoms with Gasteiger partial charge < -0.3 is 9.84 Å². The first-order valence-electron chi connectivity index (χ1n) is 6.21. The van der Waals surface area contributed by atoms with Gasteiger partial charge in [-0.2, -0.15) is 0 Å². The van der Waals surface area contributed by atoms with Crippen molar-refractivity contribution in [3.8, 4) is 0 Å². The van der Waals surface area contributed by atoms with E-state index in [2.05, 4.69) is 6.92 Å². The van der Waals surface area contributed by atoms with Gasteiger partial charge >= 0.3 is 0 Å². The Morgan fingerprint density at radius 3 is 2.12 bits per heavy atom. The lowest BCUT2D eigenvalue weighted by molar-refractivity contribution is -0.225. The molecule has 0 saturated carbocycles. The molecule has 0 spiro atoms. The van der Waals surface area contributed by atoms with Crippen molar-refractivity contribution >= 4 is 0 Å². The molecule has 0 aromatic heterocycles. The summed E-state index contributed by atoms with van der Waals surface area (Å²) in [6.07, 6.45) is 0.113. The molecule has 1 rings (SSSR count). The zero-order chi connectivity index (χ0) is 13.1. The standard InChI is InChI=1S/C15H24O2/c1-6-14(2,3)13(16)17-15(4,5)12-10-8-7-9-11-12/h7-11,13,16H,6H2,1-5H3. The molecule has 1 atom stereocenters. The number of hydrogen-bond donors (Lipinski definition) is 1. The smallest absolute Gasteiger partial charge is 0.160 e. The van der Waals surface area contributed by atoms with Crippen LogP contribution in [0.1, 0.15) is 46.6 Å². The maximum atomic E-state index is 10.2. The number of aliphatic hydroxyl groups excluding tert-OH is 1. The average Bonchev–Trinajstić information content (AvgIpc) is 2.29. The van der Waals surface area contributed by atoms with Gasteiger partial charge in [0.2, 0.25) is 0 Å². The van der Waals surface area contributed by atoms with Crippen molar-refractivity contribution in [2.24, 2.45) is 5.41 Å². The van der Waals surface area contributed by atoms with Gasteiger partial charge in [-0.3, -0.25) is 0 Å². The van der Waals surface area contributed by atoms with Gasteiger partial charge in [-0.15, -0.1) is 0 Å². The van der Waals surface area contributed by atoms with Crippen molar-refractivity contribution in [2.45, 2.75) is 52.9 Å². The van der Waals surface area contributed by atoms with Crippen LogP contribution < -0.4 is 0 Å². The fourth-order valence-corrected chi connectivity index (χ4v) is 1.52. The van der Waals surface area contributed by atoms with Gasteiger partial charge in [0.25, 0.3) is 0 Å². The Labute approximate surface area is 105 Å². The Balaban J connectivity index is 2.80. The molecule has 0 amide bonds. The molecule has 1 aromatic rings. The predicted molar refractivity (Wildman–Crippen MR) is 70.6 cm³/mol. The Morgan fingerprint density at radius 1 is 1.12 bits per heavy atom. The summed E-state index contributed by atoms with van der Waals surface area (Å²) in [7, 11) is 0. The van der Waals surface area contributed by atoms with Crippen molar-refractivity contribution < 1.29 is 9.84 Å². The summed E-state index contributed by atoms with van der Waals surface area (Å²) in [5.41, 5.74) is 0.366. The first-order valence-corrected chi connectivity index (χ1v) is 6.21. The van der Waals surface area contributed by atoms with Crippen LogP contribution >= 0.6 is 0 Å². The van der Waals surface area contributed by atoms with E-state index in [4.69, 9.17) is 4.74 Å². The molecule has 0 heterocycles. The summed E-state index contributed by atoms with van der Waals surface area (Å²) in [5, 5.41) is 10.2. The van der Waals surface area contributed by atoms with Gasteiger partial charge in [-0.25, -0.2) is 0 Å². The molecule has 0 fully saturated rings. The van der Waals surface area contributed by atoms with Crippen LogP contribution in [0.25, 0.3) is 0 Å². The highest BCUT2D eigenvalue weighted by Gasteiger charge is 2.33. The van der Waals surface area contributed by atoms with Crippen LogP contribution in [-0.2, 0) is 10.3 Å². The quantitative estimate of drug-likeness (QED) is 0.790. The molecule has 17 heavy (non-hydrogen) atoms. The van der Waals surface area contributed by atoms with Crippen LogP contribution in [0, 0.1) is 5.41 Å². The SMILES string of the molecule is CCC(C)(C)C(O)OC(C)(C)c1ccccc1. The molecule has 0 bridgehead atoms. The Hall–Kier alpha value is -0.860. The van der Waals surface area contributed by atoms with E-state index in [9.17, 15) is 5.11 Å². The predicted octanol–water partition coefficient (Wildman–Crippen LogP) is 3.69. The van der Waals surface area contributed by atoms with E-state index in [1.54, 1.807) is 0 Å². The van der Waals surface area contributed by atoms with Crippen molar-refractivity contribution in [2.75, 3.05) is 0 Å². The van der Waals surface area contributed by atoms with Gasteiger partial charge in [0, 0.05) is 5.41 Å². The fraction of sp³-hybridized carbons (Fsp3) is 0.600.